The van der Waals surface area contributed by atoms with Crippen molar-refractivity contribution in [1.29, 1.82) is 0 Å². The molecule has 0 amide bonds. The van der Waals surface area contributed by atoms with E-state index in [2.05, 4.69) is 31.1 Å². The Hall–Kier alpha value is -1.33. The van der Waals surface area contributed by atoms with Gasteiger partial charge in [-0.1, -0.05) is 12.2 Å². The minimum absolute atomic E-state index is 0.391. The molecule has 0 aliphatic rings. The van der Waals surface area contributed by atoms with E-state index in [0.29, 0.717) is 11.0 Å². The van der Waals surface area contributed by atoms with Gasteiger partial charge in [-0.05, 0) is 33.0 Å². The number of rotatable bonds is 7. The van der Waals surface area contributed by atoms with Gasteiger partial charge < -0.3 is 20.7 Å². The first-order valence-corrected chi connectivity index (χ1v) is 6.78. The number of benzene rings is 1. The van der Waals surface area contributed by atoms with Gasteiger partial charge in [0.05, 0.1) is 7.11 Å². The molecule has 0 bridgehead atoms. The average molecular weight is 281 g/mol. The number of nitrogens with zero attached hydrogens (tertiary/aromatic N) is 1. The van der Waals surface area contributed by atoms with Crippen LogP contribution in [-0.2, 0) is 0 Å². The molecule has 0 fully saturated rings. The summed E-state index contributed by atoms with van der Waals surface area (Å²) in [6, 6.07) is 6.20. The maximum atomic E-state index is 5.73. The van der Waals surface area contributed by atoms with E-state index in [0.717, 1.165) is 30.1 Å². The Kier molecular flexibility index (Phi) is 6.05. The maximum absolute atomic E-state index is 5.73. The van der Waals surface area contributed by atoms with Crippen molar-refractivity contribution in [2.24, 2.45) is 5.73 Å². The van der Waals surface area contributed by atoms with E-state index in [4.69, 9.17) is 22.7 Å². The molecule has 4 nitrogen and oxygen atoms in total. The molecule has 0 aliphatic heterocycles. The molecule has 0 aliphatic carbocycles. The van der Waals surface area contributed by atoms with Crippen LogP contribution in [0, 0.1) is 0 Å². The van der Waals surface area contributed by atoms with Gasteiger partial charge in [-0.25, -0.2) is 0 Å². The summed E-state index contributed by atoms with van der Waals surface area (Å²) in [7, 11) is 3.75. The number of anilines is 1. The van der Waals surface area contributed by atoms with Gasteiger partial charge >= 0.3 is 0 Å². The first kappa shape index (κ1) is 15.7. The van der Waals surface area contributed by atoms with Crippen molar-refractivity contribution >= 4 is 22.9 Å². The number of nitrogens with two attached hydrogens (primary N) is 1. The highest BCUT2D eigenvalue weighted by Gasteiger charge is 2.08. The molecule has 106 valence electrons. The first-order valence-electron chi connectivity index (χ1n) is 6.37. The van der Waals surface area contributed by atoms with E-state index in [1.54, 1.807) is 7.11 Å². The number of likely N-dealkylation sites (N-methyl/N-ethyl adjacent to an activating group) is 1. The van der Waals surface area contributed by atoms with Crippen molar-refractivity contribution in [3.8, 4) is 5.75 Å². The summed E-state index contributed by atoms with van der Waals surface area (Å²) in [5.74, 6) is 0.791. The monoisotopic (exact) mass is 281 g/mol. The Bertz CT molecular complexity index is 435. The van der Waals surface area contributed by atoms with Gasteiger partial charge in [0, 0.05) is 36.4 Å². The number of hydrogen-bond donors (Lipinski definition) is 2. The van der Waals surface area contributed by atoms with E-state index in [1.165, 1.54) is 0 Å². The first-order chi connectivity index (χ1) is 8.95. The van der Waals surface area contributed by atoms with Crippen LogP contribution in [0.1, 0.15) is 19.4 Å². The lowest BCUT2D eigenvalue weighted by Gasteiger charge is -2.22. The predicted molar refractivity (Wildman–Crippen MR) is 85.1 cm³/mol. The Morgan fingerprint density at radius 3 is 2.68 bits per heavy atom. The van der Waals surface area contributed by atoms with Gasteiger partial charge in [-0.15, -0.1) is 0 Å². The van der Waals surface area contributed by atoms with E-state index in [-0.39, 0.29) is 0 Å². The summed E-state index contributed by atoms with van der Waals surface area (Å²) in [4.78, 5) is 2.66. The van der Waals surface area contributed by atoms with Crippen LogP contribution < -0.4 is 15.8 Å². The normalized spacial score (nSPS) is 10.8. The van der Waals surface area contributed by atoms with Gasteiger partial charge in [0.2, 0.25) is 0 Å². The lowest BCUT2D eigenvalue weighted by atomic mass is 10.1. The third kappa shape index (κ3) is 4.69. The molecule has 0 saturated heterocycles. The standard InChI is InChI=1S/C14H23N3OS/c1-10(2)17(3)8-7-16-13-9-11(18-4)5-6-12(13)14(15)19/h5-6,9-10,16H,7-8H2,1-4H3,(H2,15,19). The van der Waals surface area contributed by atoms with Gasteiger partial charge in [-0.2, -0.15) is 0 Å². The van der Waals surface area contributed by atoms with Gasteiger partial charge in [-0.3, -0.25) is 0 Å². The molecule has 1 aromatic carbocycles. The molecule has 0 atom stereocenters. The maximum Gasteiger partial charge on any atom is 0.120 e. The number of hydrogen-bond acceptors (Lipinski definition) is 4. The summed E-state index contributed by atoms with van der Waals surface area (Å²) < 4.78 is 5.22. The lowest BCUT2D eigenvalue weighted by molar-refractivity contribution is 0.284. The second kappa shape index (κ2) is 7.31. The van der Waals surface area contributed by atoms with Crippen LogP contribution in [0.25, 0.3) is 0 Å². The molecule has 1 rings (SSSR count). The Morgan fingerprint density at radius 2 is 2.16 bits per heavy atom. The number of methoxy groups -OCH3 is 1. The molecule has 5 heteroatoms. The third-order valence-electron chi connectivity index (χ3n) is 3.15. The van der Waals surface area contributed by atoms with Crippen LogP contribution in [0.3, 0.4) is 0 Å². The van der Waals surface area contributed by atoms with Crippen molar-refractivity contribution in [2.45, 2.75) is 19.9 Å². The lowest BCUT2D eigenvalue weighted by Crippen LogP contribution is -2.31. The SMILES string of the molecule is COc1ccc(C(N)=S)c(NCCN(C)C(C)C)c1. The topological polar surface area (TPSA) is 50.5 Å². The summed E-state index contributed by atoms with van der Waals surface area (Å²) in [5, 5.41) is 3.37. The van der Waals surface area contributed by atoms with Gasteiger partial charge in [0.25, 0.3) is 0 Å². The summed E-state index contributed by atoms with van der Waals surface area (Å²) in [5.41, 5.74) is 7.50. The van der Waals surface area contributed by atoms with E-state index >= 15 is 0 Å². The molecule has 3 N–H and O–H groups in total. The molecular weight excluding hydrogens is 258 g/mol. The fourth-order valence-corrected chi connectivity index (χ4v) is 1.81. The molecule has 0 saturated carbocycles. The molecule has 0 spiro atoms. The number of nitrogens with one attached hydrogen (secondary N) is 1. The highest BCUT2D eigenvalue weighted by molar-refractivity contribution is 7.80. The summed E-state index contributed by atoms with van der Waals surface area (Å²) in [6.07, 6.45) is 0. The van der Waals surface area contributed by atoms with Crippen molar-refractivity contribution in [2.75, 3.05) is 32.6 Å². The Morgan fingerprint density at radius 1 is 1.47 bits per heavy atom. The average Bonchev–Trinajstić information content (AvgIpc) is 2.37. The van der Waals surface area contributed by atoms with Crippen LogP contribution in [0.15, 0.2) is 18.2 Å². The molecule has 0 aromatic heterocycles. The van der Waals surface area contributed by atoms with Crippen LogP contribution in [-0.4, -0.2) is 43.2 Å². The fraction of sp³-hybridized carbons (Fsp3) is 0.500. The summed E-state index contributed by atoms with van der Waals surface area (Å²) >= 11 is 5.06. The smallest absolute Gasteiger partial charge is 0.120 e. The zero-order chi connectivity index (χ0) is 14.4. The fourth-order valence-electron chi connectivity index (χ4n) is 1.64. The van der Waals surface area contributed by atoms with Gasteiger partial charge in [0.15, 0.2) is 0 Å². The quantitative estimate of drug-likeness (QED) is 0.750. The van der Waals surface area contributed by atoms with Crippen molar-refractivity contribution in [3.05, 3.63) is 23.8 Å². The van der Waals surface area contributed by atoms with Crippen molar-refractivity contribution in [1.82, 2.24) is 4.90 Å². The number of thiocarbonyl (C=S) groups is 1. The van der Waals surface area contributed by atoms with E-state index < -0.39 is 0 Å². The Labute approximate surface area is 120 Å². The molecule has 19 heavy (non-hydrogen) atoms. The van der Waals surface area contributed by atoms with Crippen molar-refractivity contribution < 1.29 is 4.74 Å². The van der Waals surface area contributed by atoms with Gasteiger partial charge in [0.1, 0.15) is 10.7 Å². The molecule has 0 radical (unpaired) electrons. The Balaban J connectivity index is 2.72. The second-order valence-corrected chi connectivity index (χ2v) is 5.22. The second-order valence-electron chi connectivity index (χ2n) is 4.78. The van der Waals surface area contributed by atoms with Crippen LogP contribution in [0.5, 0.6) is 5.75 Å². The highest BCUT2D eigenvalue weighted by Crippen LogP contribution is 2.22. The third-order valence-corrected chi connectivity index (χ3v) is 3.37. The van der Waals surface area contributed by atoms with Crippen LogP contribution in [0.2, 0.25) is 0 Å². The molecule has 0 unspecified atom stereocenters. The minimum atomic E-state index is 0.391. The van der Waals surface area contributed by atoms with E-state index in [9.17, 15) is 0 Å². The molecule has 1 aromatic rings. The zero-order valence-corrected chi connectivity index (χ0v) is 12.9. The van der Waals surface area contributed by atoms with Crippen LogP contribution >= 0.6 is 12.2 Å². The minimum Gasteiger partial charge on any atom is -0.497 e. The largest absolute Gasteiger partial charge is 0.497 e. The van der Waals surface area contributed by atoms with Crippen LogP contribution in [0.4, 0.5) is 5.69 Å². The molecule has 0 heterocycles. The summed E-state index contributed by atoms with van der Waals surface area (Å²) in [6.45, 7) is 6.13. The number of ether oxygens (including phenoxy) is 1. The van der Waals surface area contributed by atoms with Crippen molar-refractivity contribution in [3.63, 3.8) is 0 Å². The highest BCUT2D eigenvalue weighted by atomic mass is 32.1. The zero-order valence-electron chi connectivity index (χ0n) is 12.1. The molecular formula is C14H23N3OS. The predicted octanol–water partition coefficient (Wildman–Crippen LogP) is 2.08. The van der Waals surface area contributed by atoms with E-state index in [1.807, 2.05) is 18.2 Å².